The highest BCUT2D eigenvalue weighted by molar-refractivity contribution is 7.45. The van der Waals surface area contributed by atoms with Crippen LogP contribution in [-0.4, -0.2) is 58.5 Å². The van der Waals surface area contributed by atoms with E-state index in [9.17, 15) is 9.46 Å². The van der Waals surface area contributed by atoms with Gasteiger partial charge < -0.3 is 23.7 Å². The molecule has 0 spiro atoms. The molecule has 0 aromatic heterocycles. The first kappa shape index (κ1) is 16.6. The fraction of sp³-hybridized carbons (Fsp3) is 0.800. The Morgan fingerprint density at radius 2 is 1.94 bits per heavy atom. The number of likely N-dealkylation sites (N-methyl/N-ethyl adjacent to an activating group) is 1. The van der Waals surface area contributed by atoms with Crippen molar-refractivity contribution >= 4 is 7.82 Å². The standard InChI is InChI=1S/C10H21N2O4P/c1-5-6-11-7-9-15-17(13,14)16-10-8-12(2,3)4/h1,11H,6-10H2,2-4H3. The maximum atomic E-state index is 11.3. The van der Waals surface area contributed by atoms with Crippen LogP contribution in [0.1, 0.15) is 0 Å². The van der Waals surface area contributed by atoms with Gasteiger partial charge in [-0.15, -0.1) is 6.42 Å². The minimum Gasteiger partial charge on any atom is -0.756 e. The highest BCUT2D eigenvalue weighted by Gasteiger charge is 2.12. The van der Waals surface area contributed by atoms with Gasteiger partial charge >= 0.3 is 0 Å². The zero-order valence-corrected chi connectivity index (χ0v) is 11.5. The number of terminal acetylenes is 1. The highest BCUT2D eigenvalue weighted by Crippen LogP contribution is 2.37. The molecule has 1 atom stereocenters. The Balaban J connectivity index is 3.67. The predicted octanol–water partition coefficient (Wildman–Crippen LogP) is -0.583. The average Bonchev–Trinajstić information content (AvgIpc) is 2.14. The molecular weight excluding hydrogens is 243 g/mol. The maximum absolute atomic E-state index is 11.3. The molecule has 0 aliphatic carbocycles. The normalized spacial score (nSPS) is 15.2. The number of nitrogens with one attached hydrogen (secondary N) is 1. The molecule has 0 aliphatic rings. The van der Waals surface area contributed by atoms with E-state index in [4.69, 9.17) is 10.9 Å². The Kier molecular flexibility index (Phi) is 7.64. The SMILES string of the molecule is C#CCNCCOP(=O)([O-])OCC[N+](C)(C)C. The molecule has 0 fully saturated rings. The van der Waals surface area contributed by atoms with Crippen molar-refractivity contribution in [3.05, 3.63) is 0 Å². The van der Waals surface area contributed by atoms with Crippen LogP contribution in [0.15, 0.2) is 0 Å². The van der Waals surface area contributed by atoms with Crippen molar-refractivity contribution in [3.8, 4) is 12.3 Å². The lowest BCUT2D eigenvalue weighted by molar-refractivity contribution is -0.870. The molecule has 100 valence electrons. The van der Waals surface area contributed by atoms with Gasteiger partial charge in [0.05, 0.1) is 34.3 Å². The zero-order valence-electron chi connectivity index (χ0n) is 10.6. The number of phosphoric ester groups is 1. The van der Waals surface area contributed by atoms with Crippen LogP contribution in [0.3, 0.4) is 0 Å². The number of phosphoric acid groups is 1. The number of hydrogen-bond acceptors (Lipinski definition) is 5. The van der Waals surface area contributed by atoms with E-state index in [2.05, 4.69) is 15.8 Å². The molecule has 7 heteroatoms. The van der Waals surface area contributed by atoms with Crippen molar-refractivity contribution in [1.29, 1.82) is 0 Å². The van der Waals surface area contributed by atoms with E-state index in [0.717, 1.165) is 0 Å². The molecule has 0 radical (unpaired) electrons. The summed E-state index contributed by atoms with van der Waals surface area (Å²) < 4.78 is 21.2. The first-order chi connectivity index (χ1) is 7.77. The second kappa shape index (κ2) is 7.83. The van der Waals surface area contributed by atoms with Crippen LogP contribution >= 0.6 is 7.82 Å². The van der Waals surface area contributed by atoms with Gasteiger partial charge in [-0.2, -0.15) is 0 Å². The second-order valence-corrected chi connectivity index (χ2v) is 5.92. The fourth-order valence-corrected chi connectivity index (χ4v) is 1.55. The van der Waals surface area contributed by atoms with Gasteiger partial charge in [0.15, 0.2) is 0 Å². The van der Waals surface area contributed by atoms with Crippen molar-refractivity contribution in [1.82, 2.24) is 5.32 Å². The van der Waals surface area contributed by atoms with Crippen LogP contribution < -0.4 is 10.2 Å². The fourth-order valence-electron chi connectivity index (χ4n) is 0.854. The molecule has 0 rings (SSSR count). The molecule has 6 nitrogen and oxygen atoms in total. The van der Waals surface area contributed by atoms with E-state index >= 15 is 0 Å². The summed E-state index contributed by atoms with van der Waals surface area (Å²) in [6.45, 7) is 1.48. The molecule has 0 amide bonds. The summed E-state index contributed by atoms with van der Waals surface area (Å²) in [5.74, 6) is 2.37. The Morgan fingerprint density at radius 1 is 1.35 bits per heavy atom. The van der Waals surface area contributed by atoms with Crippen LogP contribution in [-0.2, 0) is 13.6 Å². The van der Waals surface area contributed by atoms with Crippen molar-refractivity contribution < 1.29 is 23.0 Å². The van der Waals surface area contributed by atoms with E-state index in [0.29, 0.717) is 24.1 Å². The van der Waals surface area contributed by atoms with Gasteiger partial charge in [-0.25, -0.2) is 0 Å². The van der Waals surface area contributed by atoms with Gasteiger partial charge in [-0.1, -0.05) is 5.92 Å². The molecule has 1 unspecified atom stereocenters. The van der Waals surface area contributed by atoms with Crippen molar-refractivity contribution in [2.75, 3.05) is 54.0 Å². The highest BCUT2D eigenvalue weighted by atomic mass is 31.2. The first-order valence-electron chi connectivity index (χ1n) is 5.31. The third kappa shape index (κ3) is 11.8. The van der Waals surface area contributed by atoms with Crippen LogP contribution in [0, 0.1) is 12.3 Å². The Labute approximate surface area is 103 Å². The minimum atomic E-state index is -4.18. The number of quaternary nitrogens is 1. The molecule has 0 bridgehead atoms. The molecule has 0 heterocycles. The van der Waals surface area contributed by atoms with Crippen LogP contribution in [0.5, 0.6) is 0 Å². The third-order valence-corrected chi connectivity index (χ3v) is 2.76. The molecule has 17 heavy (non-hydrogen) atoms. The lowest BCUT2D eigenvalue weighted by Gasteiger charge is -2.27. The molecule has 0 aliphatic heterocycles. The Bertz CT molecular complexity index is 296. The Morgan fingerprint density at radius 3 is 2.47 bits per heavy atom. The summed E-state index contributed by atoms with van der Waals surface area (Å²) in [4.78, 5) is 11.3. The molecule has 1 N–H and O–H groups in total. The van der Waals surface area contributed by atoms with E-state index in [1.165, 1.54) is 0 Å². The van der Waals surface area contributed by atoms with Gasteiger partial charge in [-0.3, -0.25) is 4.57 Å². The average molecular weight is 264 g/mol. The quantitative estimate of drug-likeness (QED) is 0.261. The van der Waals surface area contributed by atoms with Gasteiger partial charge in [0.25, 0.3) is 7.82 Å². The smallest absolute Gasteiger partial charge is 0.268 e. The lowest BCUT2D eigenvalue weighted by Crippen LogP contribution is -2.37. The van der Waals surface area contributed by atoms with Crippen LogP contribution in [0.4, 0.5) is 0 Å². The summed E-state index contributed by atoms with van der Waals surface area (Å²) in [7, 11) is 1.67. The molecule has 0 aromatic carbocycles. The first-order valence-corrected chi connectivity index (χ1v) is 6.78. The third-order valence-electron chi connectivity index (χ3n) is 1.77. The van der Waals surface area contributed by atoms with Crippen molar-refractivity contribution in [3.63, 3.8) is 0 Å². The van der Waals surface area contributed by atoms with Gasteiger partial charge in [0.2, 0.25) is 0 Å². The topological polar surface area (TPSA) is 70.6 Å². The number of rotatable bonds is 9. The monoisotopic (exact) mass is 264 g/mol. The second-order valence-electron chi connectivity index (χ2n) is 4.51. The van der Waals surface area contributed by atoms with Crippen molar-refractivity contribution in [2.24, 2.45) is 0 Å². The predicted molar refractivity (Wildman–Crippen MR) is 64.1 cm³/mol. The lowest BCUT2D eigenvalue weighted by atomic mass is 10.5. The molecule has 0 saturated carbocycles. The summed E-state index contributed by atoms with van der Waals surface area (Å²) in [6, 6.07) is 0. The van der Waals surface area contributed by atoms with E-state index in [1.54, 1.807) is 0 Å². The van der Waals surface area contributed by atoms with Crippen LogP contribution in [0.25, 0.3) is 0 Å². The summed E-state index contributed by atoms with van der Waals surface area (Å²) in [6.07, 6.45) is 5.01. The zero-order chi connectivity index (χ0) is 13.4. The van der Waals surface area contributed by atoms with E-state index in [-0.39, 0.29) is 13.2 Å². The summed E-state index contributed by atoms with van der Waals surface area (Å²) in [5.41, 5.74) is 0. The van der Waals surface area contributed by atoms with E-state index < -0.39 is 7.82 Å². The minimum absolute atomic E-state index is 0.0207. The molecule has 0 saturated heterocycles. The number of hydrogen-bond donors (Lipinski definition) is 1. The largest absolute Gasteiger partial charge is 0.756 e. The molecule has 0 aromatic rings. The summed E-state index contributed by atoms with van der Waals surface area (Å²) >= 11 is 0. The molecular formula is C10H21N2O4P. The van der Waals surface area contributed by atoms with E-state index in [1.807, 2.05) is 21.1 Å². The van der Waals surface area contributed by atoms with Gasteiger partial charge in [0.1, 0.15) is 13.2 Å². The van der Waals surface area contributed by atoms with Crippen molar-refractivity contribution in [2.45, 2.75) is 0 Å². The van der Waals surface area contributed by atoms with Crippen LogP contribution in [0.2, 0.25) is 0 Å². The maximum Gasteiger partial charge on any atom is 0.268 e. The number of nitrogens with zero attached hydrogens (tertiary/aromatic N) is 1. The van der Waals surface area contributed by atoms with Gasteiger partial charge in [0, 0.05) is 6.54 Å². The summed E-state index contributed by atoms with van der Waals surface area (Å²) in [5, 5.41) is 2.81. The van der Waals surface area contributed by atoms with Gasteiger partial charge in [-0.05, 0) is 0 Å². The Hall–Kier alpha value is -0.410.